The number of anilines is 1. The summed E-state index contributed by atoms with van der Waals surface area (Å²) in [4.78, 5) is 0. The number of nitrogen functional groups attached to an aromatic ring is 1. The number of hydrogen-bond donors (Lipinski definition) is 1. The van der Waals surface area contributed by atoms with Gasteiger partial charge in [-0.2, -0.15) is 0 Å². The molecule has 0 aliphatic heterocycles. The Morgan fingerprint density at radius 3 is 1.94 bits per heavy atom. The Morgan fingerprint density at radius 2 is 1.41 bits per heavy atom. The average molecular weight is 307 g/mol. The van der Waals surface area contributed by atoms with E-state index in [1.54, 1.807) is 30.3 Å². The molecule has 0 amide bonds. The Hall–Kier alpha value is -0.600. The van der Waals surface area contributed by atoms with Gasteiger partial charge in [-0.05, 0) is 29.8 Å². The lowest BCUT2D eigenvalue weighted by molar-refractivity contribution is 1.61. The van der Waals surface area contributed by atoms with Gasteiger partial charge in [0.15, 0.2) is 0 Å². The van der Waals surface area contributed by atoms with Crippen LogP contribution in [0.2, 0.25) is 20.1 Å². The van der Waals surface area contributed by atoms with Crippen LogP contribution in [-0.2, 0) is 0 Å². The fraction of sp³-hybridized carbons (Fsp3) is 0. The van der Waals surface area contributed by atoms with Gasteiger partial charge in [0, 0.05) is 11.3 Å². The molecule has 0 unspecified atom stereocenters. The molecule has 0 atom stereocenters. The predicted molar refractivity (Wildman–Crippen MR) is 76.3 cm³/mol. The number of benzene rings is 2. The molecular formula is C12H7Cl4N. The third kappa shape index (κ3) is 2.48. The Morgan fingerprint density at radius 1 is 0.824 bits per heavy atom. The number of nitrogens with two attached hydrogens (primary N) is 1. The maximum atomic E-state index is 6.11. The minimum Gasteiger partial charge on any atom is -0.398 e. The Bertz CT molecular complexity index is 537. The molecule has 0 radical (unpaired) electrons. The molecule has 2 rings (SSSR count). The van der Waals surface area contributed by atoms with Crippen LogP contribution in [0.3, 0.4) is 0 Å². The van der Waals surface area contributed by atoms with Crippen LogP contribution >= 0.6 is 46.4 Å². The topological polar surface area (TPSA) is 26.0 Å². The van der Waals surface area contributed by atoms with Crippen molar-refractivity contribution >= 4 is 52.1 Å². The fourth-order valence-electron chi connectivity index (χ4n) is 1.55. The summed E-state index contributed by atoms with van der Waals surface area (Å²) in [6.45, 7) is 0. The van der Waals surface area contributed by atoms with Crippen molar-refractivity contribution in [3.05, 3.63) is 50.4 Å². The zero-order valence-corrected chi connectivity index (χ0v) is 11.5. The lowest BCUT2D eigenvalue weighted by Gasteiger charge is -2.10. The molecule has 0 spiro atoms. The van der Waals surface area contributed by atoms with Gasteiger partial charge in [-0.3, -0.25) is 0 Å². The molecule has 0 aliphatic rings. The maximum Gasteiger partial charge on any atom is 0.0778 e. The van der Waals surface area contributed by atoms with Gasteiger partial charge < -0.3 is 5.73 Å². The lowest BCUT2D eigenvalue weighted by atomic mass is 10.0. The van der Waals surface area contributed by atoms with Crippen LogP contribution in [0.15, 0.2) is 30.3 Å². The van der Waals surface area contributed by atoms with Crippen LogP contribution in [0.5, 0.6) is 0 Å². The van der Waals surface area contributed by atoms with Gasteiger partial charge in [-0.15, -0.1) is 0 Å². The van der Waals surface area contributed by atoms with Crippen molar-refractivity contribution in [2.75, 3.05) is 5.73 Å². The largest absolute Gasteiger partial charge is 0.398 e. The summed E-state index contributed by atoms with van der Waals surface area (Å²) >= 11 is 23.9. The molecule has 2 N–H and O–H groups in total. The molecule has 0 fully saturated rings. The normalized spacial score (nSPS) is 10.6. The monoisotopic (exact) mass is 305 g/mol. The highest BCUT2D eigenvalue weighted by Crippen LogP contribution is 2.39. The van der Waals surface area contributed by atoms with Crippen LogP contribution in [-0.4, -0.2) is 0 Å². The van der Waals surface area contributed by atoms with Gasteiger partial charge in [0.1, 0.15) is 0 Å². The molecule has 2 aromatic carbocycles. The standard InChI is InChI=1S/C12H7Cl4N/c13-7-2-1-3-10(17)11(7)6-4-8(14)12(16)9(15)5-6/h1-5H,17H2. The van der Waals surface area contributed by atoms with Crippen molar-refractivity contribution in [1.82, 2.24) is 0 Å². The molecule has 17 heavy (non-hydrogen) atoms. The zero-order valence-electron chi connectivity index (χ0n) is 8.48. The highest BCUT2D eigenvalue weighted by molar-refractivity contribution is 6.48. The molecule has 0 saturated carbocycles. The molecule has 1 nitrogen and oxygen atoms in total. The Labute approximate surface area is 119 Å². The van der Waals surface area contributed by atoms with Crippen LogP contribution in [0.4, 0.5) is 5.69 Å². The smallest absolute Gasteiger partial charge is 0.0778 e. The molecular weight excluding hydrogens is 300 g/mol. The Balaban J connectivity index is 2.69. The number of rotatable bonds is 1. The fourth-order valence-corrected chi connectivity index (χ4v) is 2.43. The molecule has 0 bridgehead atoms. The van der Waals surface area contributed by atoms with E-state index in [0.29, 0.717) is 31.3 Å². The van der Waals surface area contributed by atoms with Crippen LogP contribution in [0, 0.1) is 0 Å². The van der Waals surface area contributed by atoms with Gasteiger partial charge >= 0.3 is 0 Å². The second kappa shape index (κ2) is 4.95. The first-order chi connectivity index (χ1) is 8.00. The van der Waals surface area contributed by atoms with Crippen molar-refractivity contribution < 1.29 is 0 Å². The molecule has 88 valence electrons. The maximum absolute atomic E-state index is 6.11. The lowest BCUT2D eigenvalue weighted by Crippen LogP contribution is -1.91. The summed E-state index contributed by atoms with van der Waals surface area (Å²) in [7, 11) is 0. The third-order valence-corrected chi connectivity index (χ3v) is 3.83. The van der Waals surface area contributed by atoms with Crippen molar-refractivity contribution in [1.29, 1.82) is 0 Å². The van der Waals surface area contributed by atoms with E-state index in [-0.39, 0.29) is 0 Å². The van der Waals surface area contributed by atoms with Gasteiger partial charge in [-0.25, -0.2) is 0 Å². The third-order valence-electron chi connectivity index (χ3n) is 2.32. The summed E-state index contributed by atoms with van der Waals surface area (Å²) in [5.74, 6) is 0. The number of hydrogen-bond acceptors (Lipinski definition) is 1. The molecule has 0 aliphatic carbocycles. The summed E-state index contributed by atoms with van der Waals surface area (Å²) < 4.78 is 0. The second-order valence-electron chi connectivity index (χ2n) is 3.46. The molecule has 5 heteroatoms. The van der Waals surface area contributed by atoms with Crippen LogP contribution in [0.1, 0.15) is 0 Å². The SMILES string of the molecule is Nc1cccc(Cl)c1-c1cc(Cl)c(Cl)c(Cl)c1. The minimum atomic E-state index is 0.322. The molecule has 0 saturated heterocycles. The summed E-state index contributed by atoms with van der Waals surface area (Å²) in [6, 6.07) is 8.67. The second-order valence-corrected chi connectivity index (χ2v) is 5.06. The van der Waals surface area contributed by atoms with E-state index >= 15 is 0 Å². The van der Waals surface area contributed by atoms with Crippen molar-refractivity contribution in [3.63, 3.8) is 0 Å². The Kier molecular flexibility index (Phi) is 3.74. The first kappa shape index (κ1) is 12.8. The highest BCUT2D eigenvalue weighted by Gasteiger charge is 2.12. The van der Waals surface area contributed by atoms with E-state index in [0.717, 1.165) is 5.56 Å². The molecule has 0 heterocycles. The predicted octanol–water partition coefficient (Wildman–Crippen LogP) is 5.55. The van der Waals surface area contributed by atoms with Crippen molar-refractivity contribution in [3.8, 4) is 11.1 Å². The van der Waals surface area contributed by atoms with Crippen LogP contribution < -0.4 is 5.73 Å². The average Bonchev–Trinajstić information content (AvgIpc) is 2.25. The van der Waals surface area contributed by atoms with E-state index in [2.05, 4.69) is 0 Å². The van der Waals surface area contributed by atoms with Gasteiger partial charge in [0.05, 0.1) is 20.1 Å². The first-order valence-electron chi connectivity index (χ1n) is 4.69. The highest BCUT2D eigenvalue weighted by atomic mass is 35.5. The number of halogens is 4. The minimum absolute atomic E-state index is 0.322. The van der Waals surface area contributed by atoms with Gasteiger partial charge in [0.2, 0.25) is 0 Å². The molecule has 0 aromatic heterocycles. The van der Waals surface area contributed by atoms with Crippen molar-refractivity contribution in [2.24, 2.45) is 0 Å². The summed E-state index contributed by atoms with van der Waals surface area (Å²) in [6.07, 6.45) is 0. The van der Waals surface area contributed by atoms with Crippen LogP contribution in [0.25, 0.3) is 11.1 Å². The first-order valence-corrected chi connectivity index (χ1v) is 6.21. The van der Waals surface area contributed by atoms with E-state index in [1.165, 1.54) is 0 Å². The zero-order chi connectivity index (χ0) is 12.6. The quantitative estimate of drug-likeness (QED) is 0.542. The summed E-state index contributed by atoms with van der Waals surface area (Å²) in [5.41, 5.74) is 7.90. The summed E-state index contributed by atoms with van der Waals surface area (Å²) in [5, 5.41) is 1.60. The van der Waals surface area contributed by atoms with E-state index in [4.69, 9.17) is 52.1 Å². The molecule has 2 aromatic rings. The van der Waals surface area contributed by atoms with Gasteiger partial charge in [-0.1, -0.05) is 52.5 Å². The van der Waals surface area contributed by atoms with E-state index in [1.807, 2.05) is 0 Å². The van der Waals surface area contributed by atoms with E-state index < -0.39 is 0 Å². The van der Waals surface area contributed by atoms with E-state index in [9.17, 15) is 0 Å². The van der Waals surface area contributed by atoms with Crippen molar-refractivity contribution in [2.45, 2.75) is 0 Å². The van der Waals surface area contributed by atoms with Gasteiger partial charge in [0.25, 0.3) is 0 Å².